The molecule has 68 heavy (non-hydrogen) atoms. The molecule has 9 amide bonds. The molecule has 380 valence electrons. The number of aliphatic carboxylic acids is 2. The molecule has 0 bridgehead atoms. The number of aliphatic hydroxyl groups excluding tert-OH is 1. The van der Waals surface area contributed by atoms with Crippen LogP contribution in [0.4, 0.5) is 0 Å². The number of carboxylic acids is 2. The van der Waals surface area contributed by atoms with Crippen molar-refractivity contribution in [3.8, 4) is 5.75 Å². The Morgan fingerprint density at radius 3 is 1.57 bits per heavy atom. The summed E-state index contributed by atoms with van der Waals surface area (Å²) in [5, 5.41) is 57.1. The van der Waals surface area contributed by atoms with Crippen molar-refractivity contribution in [1.82, 2.24) is 42.5 Å². The fourth-order valence-corrected chi connectivity index (χ4v) is 6.87. The maximum absolute atomic E-state index is 13.4. The third-order valence-electron chi connectivity index (χ3n) is 9.78. The molecule has 0 aromatic heterocycles. The Morgan fingerprint density at radius 1 is 0.618 bits per heavy atom. The second-order valence-corrected chi connectivity index (χ2v) is 17.7. The van der Waals surface area contributed by atoms with Gasteiger partial charge in [-0.25, -0.2) is 4.79 Å². The van der Waals surface area contributed by atoms with E-state index in [1.54, 1.807) is 24.6 Å². The van der Waals surface area contributed by atoms with Crippen LogP contribution in [0.15, 0.2) is 24.3 Å². The molecule has 0 fully saturated rings. The summed E-state index contributed by atoms with van der Waals surface area (Å²) in [7, 11) is 0. The van der Waals surface area contributed by atoms with Crippen LogP contribution in [0.25, 0.3) is 0 Å². The lowest BCUT2D eigenvalue weighted by molar-refractivity contribution is -0.144. The summed E-state index contributed by atoms with van der Waals surface area (Å²) in [6.45, 7) is 2.48. The number of carboxylic acid groups (broad SMARTS) is 2. The fourth-order valence-electron chi connectivity index (χ4n) is 5.93. The molecule has 1 aromatic rings. The Hall–Kier alpha value is -6.19. The first kappa shape index (κ1) is 59.8. The smallest absolute Gasteiger partial charge is 0.326 e. The molecule has 0 saturated carbocycles. The predicted octanol–water partition coefficient (Wildman–Crippen LogP) is -4.23. The summed E-state index contributed by atoms with van der Waals surface area (Å²) < 4.78 is 0. The topological polar surface area (TPSA) is 417 Å². The number of aromatic hydroxyl groups is 1. The van der Waals surface area contributed by atoms with Gasteiger partial charge in [0.05, 0.1) is 25.6 Å². The summed E-state index contributed by atoms with van der Waals surface area (Å²) in [5.41, 5.74) is 11.9. The first-order valence-electron chi connectivity index (χ1n) is 21.2. The highest BCUT2D eigenvalue weighted by Gasteiger charge is 2.34. The summed E-state index contributed by atoms with van der Waals surface area (Å²) in [5.74, 6) is -11.2. The van der Waals surface area contributed by atoms with Crippen LogP contribution >= 0.6 is 23.5 Å². The van der Waals surface area contributed by atoms with Crippen molar-refractivity contribution in [2.75, 3.05) is 37.2 Å². The number of thioether (sulfide) groups is 2. The maximum atomic E-state index is 13.4. The van der Waals surface area contributed by atoms with Gasteiger partial charge in [0.15, 0.2) is 0 Å². The van der Waals surface area contributed by atoms with E-state index in [2.05, 4.69) is 42.5 Å². The second-order valence-electron chi connectivity index (χ2n) is 15.7. The minimum atomic E-state index is -1.72. The highest BCUT2D eigenvalue weighted by atomic mass is 32.2. The van der Waals surface area contributed by atoms with E-state index in [4.69, 9.17) is 11.5 Å². The molecule has 27 heteroatoms. The average Bonchev–Trinajstić information content (AvgIpc) is 3.27. The minimum Gasteiger partial charge on any atom is -0.508 e. The van der Waals surface area contributed by atoms with Gasteiger partial charge in [0.1, 0.15) is 48.0 Å². The molecule has 1 aromatic carbocycles. The van der Waals surface area contributed by atoms with E-state index in [0.717, 1.165) is 0 Å². The molecule has 0 saturated heterocycles. The number of phenols is 1. The van der Waals surface area contributed by atoms with Gasteiger partial charge >= 0.3 is 11.9 Å². The highest BCUT2D eigenvalue weighted by Crippen LogP contribution is 2.12. The predicted molar refractivity (Wildman–Crippen MR) is 248 cm³/mol. The quantitative estimate of drug-likeness (QED) is 0.0325. The zero-order valence-corrected chi connectivity index (χ0v) is 40.0. The molecule has 0 aliphatic rings. The maximum Gasteiger partial charge on any atom is 0.326 e. The first-order chi connectivity index (χ1) is 31.9. The summed E-state index contributed by atoms with van der Waals surface area (Å²) in [4.78, 5) is 140. The van der Waals surface area contributed by atoms with Crippen molar-refractivity contribution in [2.24, 2.45) is 17.4 Å². The molecule has 0 aliphatic heterocycles. The molecule has 25 nitrogen and oxygen atoms in total. The fraction of sp³-hybridized carbons (Fsp3) is 0.585. The van der Waals surface area contributed by atoms with Gasteiger partial charge in [0.2, 0.25) is 53.2 Å². The Balaban J connectivity index is 2.99. The van der Waals surface area contributed by atoms with E-state index in [1.165, 1.54) is 56.4 Å². The second kappa shape index (κ2) is 31.0. The van der Waals surface area contributed by atoms with Crippen LogP contribution in [-0.4, -0.2) is 171 Å². The van der Waals surface area contributed by atoms with Gasteiger partial charge in [-0.05, 0) is 80.2 Å². The average molecular weight is 1000 g/mol. The van der Waals surface area contributed by atoms with Gasteiger partial charge in [0.25, 0.3) is 0 Å². The molecule has 0 aliphatic carbocycles. The molecular weight excluding hydrogens is 937 g/mol. The van der Waals surface area contributed by atoms with Crippen LogP contribution in [0.5, 0.6) is 5.75 Å². The van der Waals surface area contributed by atoms with E-state index in [0.29, 0.717) is 17.1 Å². The lowest BCUT2D eigenvalue weighted by Gasteiger charge is -2.26. The number of phenolic OH excluding ortho intramolecular Hbond substituents is 1. The van der Waals surface area contributed by atoms with Crippen LogP contribution in [0, 0.1) is 5.92 Å². The summed E-state index contributed by atoms with van der Waals surface area (Å²) in [6.07, 6.45) is 1.89. The van der Waals surface area contributed by atoms with Gasteiger partial charge in [-0.15, -0.1) is 0 Å². The normalized spacial score (nSPS) is 14.5. The number of aliphatic hydroxyl groups is 1. The molecule has 8 atom stereocenters. The van der Waals surface area contributed by atoms with Crippen LogP contribution in [0.3, 0.4) is 0 Å². The molecule has 0 radical (unpaired) electrons. The number of primary amides is 1. The Morgan fingerprint density at radius 2 is 1.09 bits per heavy atom. The van der Waals surface area contributed by atoms with Crippen LogP contribution in [0.2, 0.25) is 0 Å². The van der Waals surface area contributed by atoms with Gasteiger partial charge in [0, 0.05) is 6.42 Å². The van der Waals surface area contributed by atoms with Crippen LogP contribution < -0.4 is 54.0 Å². The van der Waals surface area contributed by atoms with Crippen molar-refractivity contribution in [3.63, 3.8) is 0 Å². The summed E-state index contributed by atoms with van der Waals surface area (Å²) in [6, 6.07) is -5.42. The van der Waals surface area contributed by atoms with Crippen molar-refractivity contribution in [1.29, 1.82) is 0 Å². The monoisotopic (exact) mass is 1000 g/mol. The van der Waals surface area contributed by atoms with Gasteiger partial charge < -0.3 is 74.4 Å². The number of hydrogen-bond acceptors (Lipinski definition) is 16. The largest absolute Gasteiger partial charge is 0.508 e. The SMILES string of the molecule is CSCC[C@H](NC(=O)[C@H](C)NC(=O)CNC(=O)[C@H](CC(=O)O)NC(=O)[C@H](CCSC)NC(=O)[C@@H](N)Cc1ccc(O)cc1)C(=O)N[C@@H](CO)C(=O)N[C@@H](CCC(N)=O)C(=O)N[C@H](C(=O)O)C(C)C. The highest BCUT2D eigenvalue weighted by molar-refractivity contribution is 7.98. The van der Waals surface area contributed by atoms with E-state index < -0.39 is 145 Å². The molecule has 0 heterocycles. The number of amides is 9. The van der Waals surface area contributed by atoms with Crippen LogP contribution in [0.1, 0.15) is 58.4 Å². The lowest BCUT2D eigenvalue weighted by atomic mass is 10.0. The Kier molecular flexibility index (Phi) is 27.2. The molecule has 0 unspecified atom stereocenters. The van der Waals surface area contributed by atoms with Crippen molar-refractivity contribution in [3.05, 3.63) is 29.8 Å². The van der Waals surface area contributed by atoms with E-state index in [1.807, 2.05) is 0 Å². The van der Waals surface area contributed by atoms with Crippen molar-refractivity contribution in [2.45, 2.75) is 108 Å². The number of rotatable bonds is 32. The van der Waals surface area contributed by atoms with Gasteiger partial charge in [-0.3, -0.25) is 47.9 Å². The standard InChI is InChI=1S/C41H64N10O15S2/c1-20(2)33(41(65)66)51-39(63)25(10-11-30(43)54)48-40(64)29(19-52)50-38(62)26(12-14-67-4)46-34(58)21(3)45-31(55)18-44-36(60)28(17-32(56)57)49-37(61)27(13-15-68-5)47-35(59)24(42)16-22-6-8-23(53)9-7-22/h6-9,20-21,24-29,33,52-53H,10-19,42H2,1-5H3,(H2,43,54)(H,44,60)(H,45,55)(H,46,58)(H,47,59)(H,48,64)(H,49,61)(H,50,62)(H,51,63)(H,56,57)(H,65,66)/t21-,24-,25-,26-,27-,28-,29-,33-/m0/s1. The zero-order valence-electron chi connectivity index (χ0n) is 38.3. The zero-order chi connectivity index (χ0) is 51.7. The van der Waals surface area contributed by atoms with E-state index in [-0.39, 0.29) is 31.4 Å². The third kappa shape index (κ3) is 22.5. The Labute approximate surface area is 400 Å². The van der Waals surface area contributed by atoms with Gasteiger partial charge in [-0.1, -0.05) is 26.0 Å². The van der Waals surface area contributed by atoms with Crippen LogP contribution in [-0.2, 0) is 59.2 Å². The molecule has 1 rings (SSSR count). The first-order valence-corrected chi connectivity index (χ1v) is 24.0. The van der Waals surface area contributed by atoms with Gasteiger partial charge in [-0.2, -0.15) is 23.5 Å². The lowest BCUT2D eigenvalue weighted by Crippen LogP contribution is -2.60. The number of hydrogen-bond donors (Lipinski definition) is 14. The molecule has 16 N–H and O–H groups in total. The van der Waals surface area contributed by atoms with E-state index >= 15 is 0 Å². The van der Waals surface area contributed by atoms with Crippen molar-refractivity contribution >= 4 is 88.6 Å². The minimum absolute atomic E-state index is 0.0110. The number of benzene rings is 1. The Bertz CT molecular complexity index is 1930. The van der Waals surface area contributed by atoms with E-state index in [9.17, 15) is 73.2 Å². The number of nitrogens with one attached hydrogen (secondary N) is 8. The molecular formula is C41H64N10O15S2. The molecule has 0 spiro atoms. The number of carbonyl (C=O) groups is 11. The van der Waals surface area contributed by atoms with Crippen molar-refractivity contribution < 1.29 is 73.2 Å². The number of carbonyl (C=O) groups excluding carboxylic acids is 9. The summed E-state index contributed by atoms with van der Waals surface area (Å²) >= 11 is 2.64. The third-order valence-corrected chi connectivity index (χ3v) is 11.1. The number of nitrogens with two attached hydrogens (primary N) is 2.